The zero-order chi connectivity index (χ0) is 28.4. The summed E-state index contributed by atoms with van der Waals surface area (Å²) in [5.74, 6) is 0.0854. The van der Waals surface area contributed by atoms with E-state index in [-0.39, 0.29) is 23.5 Å². The number of halogens is 1. The molecule has 3 heterocycles. The molecule has 13 heteroatoms. The van der Waals surface area contributed by atoms with Gasteiger partial charge < -0.3 is 18.9 Å². The third-order valence-corrected chi connectivity index (χ3v) is 7.47. The van der Waals surface area contributed by atoms with Crippen molar-refractivity contribution in [3.8, 4) is 17.2 Å². The Morgan fingerprint density at radius 2 is 1.90 bits per heavy atom. The monoisotopic (exact) mass is 563 g/mol. The van der Waals surface area contributed by atoms with Gasteiger partial charge in [0.15, 0.2) is 28.9 Å². The van der Waals surface area contributed by atoms with Gasteiger partial charge in [-0.05, 0) is 30.3 Å². The molecule has 0 aliphatic heterocycles. The molecule has 0 radical (unpaired) electrons. The van der Waals surface area contributed by atoms with E-state index in [1.165, 1.54) is 51.7 Å². The SMILES string of the molecule is COc1cc(OC)c(F)c(N(Cc2nccn2[S+]([O-])N(C)C)c2ccc3ncn(-c4cccnc4)c(=O)c3c2)c1. The third kappa shape index (κ3) is 5.09. The van der Waals surface area contributed by atoms with Crippen LogP contribution in [-0.2, 0) is 18.1 Å². The van der Waals surface area contributed by atoms with Crippen LogP contribution in [0.1, 0.15) is 5.82 Å². The molecular weight excluding hydrogens is 537 g/mol. The van der Waals surface area contributed by atoms with Crippen LogP contribution < -0.4 is 19.9 Å². The van der Waals surface area contributed by atoms with Crippen molar-refractivity contribution < 1.29 is 18.4 Å². The maximum Gasteiger partial charge on any atom is 0.265 e. The van der Waals surface area contributed by atoms with Crippen LogP contribution in [0.15, 0.2) is 78.4 Å². The number of aromatic nitrogens is 5. The molecule has 0 amide bonds. The minimum absolute atomic E-state index is 0.00237. The van der Waals surface area contributed by atoms with E-state index in [2.05, 4.69) is 15.0 Å². The zero-order valence-electron chi connectivity index (χ0n) is 22.2. The number of methoxy groups -OCH3 is 2. The fourth-order valence-corrected chi connectivity index (χ4v) is 4.98. The normalized spacial score (nSPS) is 12.1. The maximum absolute atomic E-state index is 15.8. The standard InChI is InChI=1S/C27H26FN7O4S/c1-32(2)40(37)35-11-10-30-25(35)16-33(23-13-20(38-3)14-24(39-4)26(23)28)18-7-8-22-21(12-18)27(36)34(17-31-22)19-6-5-9-29-15-19/h5-15,17H,16H2,1-4H3. The van der Waals surface area contributed by atoms with Crippen molar-refractivity contribution in [2.24, 2.45) is 0 Å². The van der Waals surface area contributed by atoms with E-state index < -0.39 is 17.4 Å². The van der Waals surface area contributed by atoms with E-state index in [9.17, 15) is 9.35 Å². The van der Waals surface area contributed by atoms with Gasteiger partial charge in [0.25, 0.3) is 5.56 Å². The molecule has 1 atom stereocenters. The summed E-state index contributed by atoms with van der Waals surface area (Å²) < 4.78 is 43.8. The average molecular weight is 564 g/mol. The number of imidazole rings is 1. The lowest BCUT2D eigenvalue weighted by Crippen LogP contribution is -2.31. The molecule has 2 aromatic carbocycles. The number of hydrogen-bond donors (Lipinski definition) is 0. The molecule has 5 rings (SSSR count). The molecule has 1 unspecified atom stereocenters. The van der Waals surface area contributed by atoms with E-state index in [0.717, 1.165) is 0 Å². The summed E-state index contributed by atoms with van der Waals surface area (Å²) in [6.07, 6.45) is 7.73. The van der Waals surface area contributed by atoms with Gasteiger partial charge in [-0.15, -0.1) is 8.28 Å². The Balaban J connectivity index is 1.70. The second-order valence-electron chi connectivity index (χ2n) is 8.79. The van der Waals surface area contributed by atoms with E-state index >= 15 is 4.39 Å². The van der Waals surface area contributed by atoms with Gasteiger partial charge in [-0.2, -0.15) is 0 Å². The maximum atomic E-state index is 15.8. The number of rotatable bonds is 9. The Labute approximate surface area is 232 Å². The molecule has 40 heavy (non-hydrogen) atoms. The topological polar surface area (TPSA) is 114 Å². The van der Waals surface area contributed by atoms with E-state index in [0.29, 0.717) is 33.9 Å². The summed E-state index contributed by atoms with van der Waals surface area (Å²) in [5, 5.41) is 0.310. The quantitative estimate of drug-likeness (QED) is 0.249. The second-order valence-corrected chi connectivity index (χ2v) is 10.4. The van der Waals surface area contributed by atoms with Crippen LogP contribution in [0, 0.1) is 5.82 Å². The number of hydrogen-bond acceptors (Lipinski definition) is 9. The van der Waals surface area contributed by atoms with E-state index in [1.54, 1.807) is 67.9 Å². The van der Waals surface area contributed by atoms with Crippen LogP contribution in [0.4, 0.5) is 15.8 Å². The highest BCUT2D eigenvalue weighted by Crippen LogP contribution is 2.38. The highest BCUT2D eigenvalue weighted by Gasteiger charge is 2.25. The van der Waals surface area contributed by atoms with Gasteiger partial charge in [0.1, 0.15) is 12.1 Å². The minimum Gasteiger partial charge on any atom is -0.573 e. The number of nitrogens with zero attached hydrogens (tertiary/aromatic N) is 7. The summed E-state index contributed by atoms with van der Waals surface area (Å²) in [6.45, 7) is 0.00237. The first-order valence-corrected chi connectivity index (χ1v) is 13.1. The molecule has 3 aromatic heterocycles. The van der Waals surface area contributed by atoms with Crippen LogP contribution in [0.5, 0.6) is 11.5 Å². The highest BCUT2D eigenvalue weighted by atomic mass is 32.2. The Hall–Kier alpha value is -4.46. The molecular formula is C27H26FN7O4S. The number of ether oxygens (including phenoxy) is 2. The molecule has 0 N–H and O–H groups in total. The molecule has 206 valence electrons. The summed E-state index contributed by atoms with van der Waals surface area (Å²) in [7, 11) is 6.18. The zero-order valence-corrected chi connectivity index (χ0v) is 23.0. The van der Waals surface area contributed by atoms with Crippen LogP contribution >= 0.6 is 0 Å². The molecule has 0 saturated heterocycles. The van der Waals surface area contributed by atoms with Gasteiger partial charge in [0, 0.05) is 38.1 Å². The van der Waals surface area contributed by atoms with Gasteiger partial charge >= 0.3 is 0 Å². The smallest absolute Gasteiger partial charge is 0.265 e. The van der Waals surface area contributed by atoms with Crippen molar-refractivity contribution in [3.63, 3.8) is 0 Å². The van der Waals surface area contributed by atoms with Crippen LogP contribution in [-0.4, -0.2) is 60.7 Å². The lowest BCUT2D eigenvalue weighted by molar-refractivity contribution is 0.374. The molecule has 0 fully saturated rings. The minimum atomic E-state index is -1.56. The predicted molar refractivity (Wildman–Crippen MR) is 150 cm³/mol. The van der Waals surface area contributed by atoms with Crippen LogP contribution in [0.25, 0.3) is 16.6 Å². The van der Waals surface area contributed by atoms with E-state index in [4.69, 9.17) is 9.47 Å². The number of anilines is 2. The van der Waals surface area contributed by atoms with Crippen LogP contribution in [0.3, 0.4) is 0 Å². The first-order chi connectivity index (χ1) is 19.3. The Bertz CT molecular complexity index is 1710. The van der Waals surface area contributed by atoms with Crippen molar-refractivity contribution in [1.29, 1.82) is 0 Å². The Morgan fingerprint density at radius 3 is 2.60 bits per heavy atom. The fraction of sp³-hybridized carbons (Fsp3) is 0.185. The molecule has 0 spiro atoms. The summed E-state index contributed by atoms with van der Waals surface area (Å²) in [6, 6.07) is 11.5. The number of fused-ring (bicyclic) bond motifs is 1. The summed E-state index contributed by atoms with van der Waals surface area (Å²) in [4.78, 5) is 28.1. The molecule has 0 saturated carbocycles. The number of benzene rings is 2. The van der Waals surface area contributed by atoms with Gasteiger partial charge in [-0.25, -0.2) is 14.4 Å². The van der Waals surface area contributed by atoms with Gasteiger partial charge in [0.05, 0.1) is 61.6 Å². The Morgan fingerprint density at radius 1 is 1.07 bits per heavy atom. The fourth-order valence-electron chi connectivity index (χ4n) is 4.19. The van der Waals surface area contributed by atoms with Gasteiger partial charge in [0.2, 0.25) is 0 Å². The van der Waals surface area contributed by atoms with Crippen molar-refractivity contribution in [3.05, 3.63) is 95.6 Å². The molecule has 0 aliphatic rings. The van der Waals surface area contributed by atoms with Crippen molar-refractivity contribution >= 4 is 33.8 Å². The first-order valence-electron chi connectivity index (χ1n) is 12.0. The first kappa shape index (κ1) is 27.1. The van der Waals surface area contributed by atoms with Gasteiger partial charge in [-0.3, -0.25) is 14.3 Å². The van der Waals surface area contributed by atoms with Crippen molar-refractivity contribution in [1.82, 2.24) is 27.8 Å². The lowest BCUT2D eigenvalue weighted by Gasteiger charge is -2.27. The average Bonchev–Trinajstić information content (AvgIpc) is 3.44. The Kier molecular flexibility index (Phi) is 7.69. The van der Waals surface area contributed by atoms with E-state index in [1.807, 2.05) is 0 Å². The van der Waals surface area contributed by atoms with Crippen LogP contribution in [0.2, 0.25) is 0 Å². The third-order valence-electron chi connectivity index (χ3n) is 6.18. The number of pyridine rings is 1. The lowest BCUT2D eigenvalue weighted by atomic mass is 10.1. The predicted octanol–water partition coefficient (Wildman–Crippen LogP) is 3.46. The summed E-state index contributed by atoms with van der Waals surface area (Å²) >= 11 is -1.56. The summed E-state index contributed by atoms with van der Waals surface area (Å²) in [5.41, 5.74) is 1.28. The molecule has 5 aromatic rings. The van der Waals surface area contributed by atoms with Crippen molar-refractivity contribution in [2.75, 3.05) is 33.2 Å². The molecule has 0 bridgehead atoms. The van der Waals surface area contributed by atoms with Gasteiger partial charge in [-0.1, -0.05) is 0 Å². The molecule has 0 aliphatic carbocycles. The van der Waals surface area contributed by atoms with Crippen molar-refractivity contribution in [2.45, 2.75) is 6.54 Å². The second kappa shape index (κ2) is 11.3. The largest absolute Gasteiger partial charge is 0.573 e. The molecule has 11 nitrogen and oxygen atoms in total. The highest BCUT2D eigenvalue weighted by molar-refractivity contribution is 7.87.